The van der Waals surface area contributed by atoms with Crippen LogP contribution < -0.4 is 20.3 Å². The number of methoxy groups -OCH3 is 1. The fourth-order valence-corrected chi connectivity index (χ4v) is 3.98. The number of anilines is 2. The van der Waals surface area contributed by atoms with E-state index in [1.807, 2.05) is 6.07 Å². The lowest BCUT2D eigenvalue weighted by Crippen LogP contribution is -2.38. The molecule has 0 spiro atoms. The minimum Gasteiger partial charge on any atom is -0.481 e. The van der Waals surface area contributed by atoms with Crippen LogP contribution in [0.25, 0.3) is 0 Å². The molecule has 26 heavy (non-hydrogen) atoms. The van der Waals surface area contributed by atoms with E-state index in [2.05, 4.69) is 32.4 Å². The van der Waals surface area contributed by atoms with Crippen molar-refractivity contribution < 1.29 is 4.74 Å². The maximum absolute atomic E-state index is 5.50. The molecule has 144 valence electrons. The zero-order chi connectivity index (χ0) is 18.4. The molecular weight excluding hydrogens is 346 g/mol. The van der Waals surface area contributed by atoms with Crippen LogP contribution in [0.5, 0.6) is 5.88 Å². The number of thiocarbonyl (C=S) groups is 1. The highest BCUT2D eigenvalue weighted by Crippen LogP contribution is 2.25. The van der Waals surface area contributed by atoms with E-state index in [-0.39, 0.29) is 0 Å². The smallest absolute Gasteiger partial charge is 0.234 e. The Morgan fingerprint density at radius 2 is 1.81 bits per heavy atom. The van der Waals surface area contributed by atoms with Gasteiger partial charge in [0.05, 0.1) is 7.11 Å². The number of nitrogens with zero attached hydrogens (tertiary/aromatic N) is 3. The Kier molecular flexibility index (Phi) is 6.88. The van der Waals surface area contributed by atoms with E-state index >= 15 is 0 Å². The van der Waals surface area contributed by atoms with Gasteiger partial charge in [-0.1, -0.05) is 32.6 Å². The molecule has 1 aromatic heterocycles. The molecule has 6 nitrogen and oxygen atoms in total. The average molecular weight is 378 g/mol. The van der Waals surface area contributed by atoms with Crippen molar-refractivity contribution in [1.82, 2.24) is 15.3 Å². The van der Waals surface area contributed by atoms with Gasteiger partial charge < -0.3 is 20.3 Å². The zero-order valence-electron chi connectivity index (χ0n) is 16.0. The lowest BCUT2D eigenvalue weighted by atomic mass is 9.99. The Labute approximate surface area is 162 Å². The van der Waals surface area contributed by atoms with Crippen molar-refractivity contribution >= 4 is 29.1 Å². The predicted octanol–water partition coefficient (Wildman–Crippen LogP) is 3.73. The van der Waals surface area contributed by atoms with E-state index < -0.39 is 0 Å². The number of ether oxygens (including phenoxy) is 1. The molecular formula is C19H31N5OS. The summed E-state index contributed by atoms with van der Waals surface area (Å²) in [6.07, 6.45) is 9.94. The molecule has 3 rings (SSSR count). The minimum atomic E-state index is 0.450. The van der Waals surface area contributed by atoms with Crippen LogP contribution in [-0.2, 0) is 0 Å². The van der Waals surface area contributed by atoms with Crippen LogP contribution in [0.15, 0.2) is 6.07 Å². The highest BCUT2D eigenvalue weighted by Gasteiger charge is 2.19. The highest BCUT2D eigenvalue weighted by molar-refractivity contribution is 7.80. The van der Waals surface area contributed by atoms with Crippen molar-refractivity contribution in [2.45, 2.75) is 64.3 Å². The van der Waals surface area contributed by atoms with Crippen LogP contribution in [0.2, 0.25) is 0 Å². The molecule has 7 heteroatoms. The first-order valence-corrected chi connectivity index (χ1v) is 10.3. The lowest BCUT2D eigenvalue weighted by molar-refractivity contribution is 0.396. The molecule has 2 heterocycles. The van der Waals surface area contributed by atoms with Gasteiger partial charge in [0.25, 0.3) is 0 Å². The first-order chi connectivity index (χ1) is 12.6. The number of hydrogen-bond acceptors (Lipinski definition) is 5. The molecule has 1 saturated heterocycles. The second-order valence-electron chi connectivity index (χ2n) is 7.55. The van der Waals surface area contributed by atoms with Crippen LogP contribution in [0.1, 0.15) is 58.3 Å². The first kappa shape index (κ1) is 19.1. The third kappa shape index (κ3) is 5.43. The van der Waals surface area contributed by atoms with Gasteiger partial charge in [0, 0.05) is 25.2 Å². The van der Waals surface area contributed by atoms with Crippen LogP contribution in [0.4, 0.5) is 11.8 Å². The zero-order valence-corrected chi connectivity index (χ0v) is 16.8. The van der Waals surface area contributed by atoms with E-state index in [9.17, 15) is 0 Å². The van der Waals surface area contributed by atoms with Gasteiger partial charge in [-0.3, -0.25) is 0 Å². The Hall–Kier alpha value is -1.63. The molecule has 2 N–H and O–H groups in total. The van der Waals surface area contributed by atoms with E-state index in [0.29, 0.717) is 23.0 Å². The molecule has 0 aromatic carbocycles. The Morgan fingerprint density at radius 3 is 2.46 bits per heavy atom. The Morgan fingerprint density at radius 1 is 1.12 bits per heavy atom. The minimum absolute atomic E-state index is 0.450. The van der Waals surface area contributed by atoms with Gasteiger partial charge >= 0.3 is 0 Å². The van der Waals surface area contributed by atoms with E-state index in [1.54, 1.807) is 7.11 Å². The predicted molar refractivity (Wildman–Crippen MR) is 110 cm³/mol. The topological polar surface area (TPSA) is 62.3 Å². The summed E-state index contributed by atoms with van der Waals surface area (Å²) in [6.45, 7) is 4.35. The molecule has 0 bridgehead atoms. The number of rotatable bonds is 4. The summed E-state index contributed by atoms with van der Waals surface area (Å²) in [5.74, 6) is 2.75. The van der Waals surface area contributed by atoms with E-state index in [1.165, 1.54) is 51.4 Å². The largest absolute Gasteiger partial charge is 0.481 e. The average Bonchev–Trinajstić information content (AvgIpc) is 2.90. The van der Waals surface area contributed by atoms with Crippen molar-refractivity contribution in [3.05, 3.63) is 6.07 Å². The Balaban J connectivity index is 1.64. The number of aromatic nitrogens is 2. The molecule has 2 aliphatic rings. The molecule has 2 fully saturated rings. The second kappa shape index (κ2) is 9.35. The molecule has 0 unspecified atom stereocenters. The van der Waals surface area contributed by atoms with Gasteiger partial charge in [-0.2, -0.15) is 9.97 Å². The maximum Gasteiger partial charge on any atom is 0.234 e. The molecule has 1 aliphatic heterocycles. The van der Waals surface area contributed by atoms with Gasteiger partial charge in [-0.25, -0.2) is 0 Å². The summed E-state index contributed by atoms with van der Waals surface area (Å²) in [4.78, 5) is 11.4. The van der Waals surface area contributed by atoms with Crippen molar-refractivity contribution in [2.75, 3.05) is 30.4 Å². The summed E-state index contributed by atoms with van der Waals surface area (Å²) in [5, 5.41) is 7.20. The van der Waals surface area contributed by atoms with E-state index in [4.69, 9.17) is 17.0 Å². The van der Waals surface area contributed by atoms with Crippen LogP contribution in [-0.4, -0.2) is 41.3 Å². The third-order valence-electron chi connectivity index (χ3n) is 5.42. The van der Waals surface area contributed by atoms with Crippen LogP contribution in [0.3, 0.4) is 0 Å². The van der Waals surface area contributed by atoms with Crippen molar-refractivity contribution in [1.29, 1.82) is 0 Å². The third-order valence-corrected chi connectivity index (χ3v) is 5.64. The molecule has 0 radical (unpaired) electrons. The SMILES string of the molecule is COc1cc(N2CCC(C)CC2)nc(NC(=S)NC2CCCCCC2)n1. The van der Waals surface area contributed by atoms with Crippen molar-refractivity contribution in [3.8, 4) is 5.88 Å². The Bertz CT molecular complexity index is 596. The molecule has 1 aromatic rings. The second-order valence-corrected chi connectivity index (χ2v) is 7.96. The summed E-state index contributed by atoms with van der Waals surface area (Å²) in [5.41, 5.74) is 0. The molecule has 1 saturated carbocycles. The van der Waals surface area contributed by atoms with Gasteiger partial charge in [-0.15, -0.1) is 0 Å². The van der Waals surface area contributed by atoms with Crippen LogP contribution in [0, 0.1) is 5.92 Å². The number of nitrogens with one attached hydrogen (secondary N) is 2. The van der Waals surface area contributed by atoms with Crippen molar-refractivity contribution in [3.63, 3.8) is 0 Å². The summed E-state index contributed by atoms with van der Waals surface area (Å²) < 4.78 is 5.37. The monoisotopic (exact) mass is 377 g/mol. The quantitative estimate of drug-likeness (QED) is 0.612. The summed E-state index contributed by atoms with van der Waals surface area (Å²) in [6, 6.07) is 2.36. The van der Waals surface area contributed by atoms with Gasteiger partial charge in [0.2, 0.25) is 11.8 Å². The molecule has 1 aliphatic carbocycles. The summed E-state index contributed by atoms with van der Waals surface area (Å²) >= 11 is 5.50. The fraction of sp³-hybridized carbons (Fsp3) is 0.737. The molecule has 0 atom stereocenters. The van der Waals surface area contributed by atoms with Crippen molar-refractivity contribution in [2.24, 2.45) is 5.92 Å². The number of hydrogen-bond donors (Lipinski definition) is 2. The van der Waals surface area contributed by atoms with Gasteiger partial charge in [0.1, 0.15) is 5.82 Å². The van der Waals surface area contributed by atoms with Gasteiger partial charge in [0.15, 0.2) is 5.11 Å². The van der Waals surface area contributed by atoms with Crippen LogP contribution >= 0.6 is 12.2 Å². The number of piperidine rings is 1. The normalized spacial score (nSPS) is 19.7. The fourth-order valence-electron chi connectivity index (χ4n) is 3.72. The highest BCUT2D eigenvalue weighted by atomic mass is 32.1. The molecule has 0 amide bonds. The standard InChI is InChI=1S/C19H31N5OS/c1-14-9-11-24(12-10-14)16-13-17(25-2)22-18(21-16)23-19(26)20-15-7-5-3-4-6-8-15/h13-15H,3-12H2,1-2H3,(H2,20,21,22,23,26). The summed E-state index contributed by atoms with van der Waals surface area (Å²) in [7, 11) is 1.64. The maximum atomic E-state index is 5.50. The van der Waals surface area contributed by atoms with E-state index in [0.717, 1.165) is 24.8 Å². The lowest BCUT2D eigenvalue weighted by Gasteiger charge is -2.31. The first-order valence-electron chi connectivity index (χ1n) is 9.89. The van der Waals surface area contributed by atoms with Gasteiger partial charge in [-0.05, 0) is 43.8 Å².